The van der Waals surface area contributed by atoms with Crippen molar-refractivity contribution in [3.63, 3.8) is 0 Å². The molecule has 3 heterocycles. The number of benzene rings is 1. The third kappa shape index (κ3) is 4.47. The number of nitrogens with one attached hydrogen (secondary N) is 1. The summed E-state index contributed by atoms with van der Waals surface area (Å²) in [5.41, 5.74) is 1.92. The molecule has 1 aromatic heterocycles. The van der Waals surface area contributed by atoms with Gasteiger partial charge in [0.1, 0.15) is 5.82 Å². The Morgan fingerprint density at radius 3 is 2.83 bits per heavy atom. The van der Waals surface area contributed by atoms with Crippen molar-refractivity contribution in [1.82, 2.24) is 15.2 Å². The second kappa shape index (κ2) is 8.72. The van der Waals surface area contributed by atoms with E-state index in [1.165, 1.54) is 12.1 Å². The average Bonchev–Trinajstić information content (AvgIpc) is 3.06. The summed E-state index contributed by atoms with van der Waals surface area (Å²) in [6.07, 6.45) is 7.65. The van der Waals surface area contributed by atoms with Crippen molar-refractivity contribution in [2.24, 2.45) is 0 Å². The number of fused-ring (bicyclic) bond motifs is 1. The first kappa shape index (κ1) is 19.6. The lowest BCUT2D eigenvalue weighted by molar-refractivity contribution is -0.133. The molecule has 1 N–H and O–H groups in total. The van der Waals surface area contributed by atoms with Gasteiger partial charge in [0.2, 0.25) is 11.8 Å². The van der Waals surface area contributed by atoms with E-state index in [4.69, 9.17) is 0 Å². The Bertz CT molecular complexity index is 873. The van der Waals surface area contributed by atoms with Gasteiger partial charge in [0.05, 0.1) is 12.1 Å². The quantitative estimate of drug-likeness (QED) is 0.865. The summed E-state index contributed by atoms with van der Waals surface area (Å²) in [6, 6.07) is 10.2. The van der Waals surface area contributed by atoms with Crippen LogP contribution < -0.4 is 5.32 Å². The molecule has 2 fully saturated rings. The van der Waals surface area contributed by atoms with Gasteiger partial charge in [-0.3, -0.25) is 14.6 Å². The summed E-state index contributed by atoms with van der Waals surface area (Å²) in [5.74, 6) is -0.279. The predicted molar refractivity (Wildman–Crippen MR) is 108 cm³/mol. The number of hydrogen-bond acceptors (Lipinski definition) is 3. The maximum atomic E-state index is 13.9. The molecular weight excluding hydrogens is 369 g/mol. The van der Waals surface area contributed by atoms with Crippen molar-refractivity contribution in [2.45, 2.75) is 56.5 Å². The Labute approximate surface area is 170 Å². The maximum Gasteiger partial charge on any atom is 0.223 e. The molecule has 2 aromatic rings. The van der Waals surface area contributed by atoms with Crippen LogP contribution in [0.4, 0.5) is 4.39 Å². The zero-order valence-corrected chi connectivity index (χ0v) is 16.4. The van der Waals surface area contributed by atoms with Gasteiger partial charge in [-0.25, -0.2) is 4.39 Å². The normalized spacial score (nSPS) is 24.4. The Morgan fingerprint density at radius 1 is 1.21 bits per heavy atom. The van der Waals surface area contributed by atoms with E-state index < -0.39 is 0 Å². The summed E-state index contributed by atoms with van der Waals surface area (Å²) in [6.45, 7) is 0.508. The number of carbonyl (C=O) groups is 2. The highest BCUT2D eigenvalue weighted by Crippen LogP contribution is 2.36. The number of hydrogen-bond donors (Lipinski definition) is 1. The summed E-state index contributed by atoms with van der Waals surface area (Å²) in [5, 5.41) is 3.14. The fourth-order valence-electron chi connectivity index (χ4n) is 4.63. The number of nitrogens with zero attached hydrogens (tertiary/aromatic N) is 2. The number of rotatable bonds is 4. The lowest BCUT2D eigenvalue weighted by Crippen LogP contribution is -2.48. The van der Waals surface area contributed by atoms with Crippen LogP contribution in [-0.4, -0.2) is 40.3 Å². The van der Waals surface area contributed by atoms with Crippen molar-refractivity contribution in [3.05, 3.63) is 65.7 Å². The van der Waals surface area contributed by atoms with Crippen molar-refractivity contribution in [3.8, 4) is 0 Å². The molecule has 3 atom stereocenters. The lowest BCUT2D eigenvalue weighted by Gasteiger charge is -2.31. The number of pyridine rings is 1. The molecule has 6 heteroatoms. The molecule has 0 aliphatic carbocycles. The number of carbonyl (C=O) groups excluding carboxylic acids is 2. The van der Waals surface area contributed by atoms with Gasteiger partial charge in [0.15, 0.2) is 0 Å². The van der Waals surface area contributed by atoms with Gasteiger partial charge < -0.3 is 10.2 Å². The van der Waals surface area contributed by atoms with E-state index in [0.29, 0.717) is 25.8 Å². The molecule has 2 saturated heterocycles. The molecular formula is C23H26FN3O2. The van der Waals surface area contributed by atoms with Gasteiger partial charge in [0, 0.05) is 37.7 Å². The Kier molecular flexibility index (Phi) is 5.88. The molecule has 2 aliphatic rings. The Balaban J connectivity index is 1.56. The van der Waals surface area contributed by atoms with Gasteiger partial charge >= 0.3 is 0 Å². The fraction of sp³-hybridized carbons (Fsp3) is 0.435. The lowest BCUT2D eigenvalue weighted by atomic mass is 9.88. The summed E-state index contributed by atoms with van der Waals surface area (Å²) >= 11 is 0. The monoisotopic (exact) mass is 395 g/mol. The van der Waals surface area contributed by atoms with Crippen molar-refractivity contribution in [2.75, 3.05) is 6.54 Å². The number of aromatic nitrogens is 1. The maximum absolute atomic E-state index is 13.9. The van der Waals surface area contributed by atoms with E-state index in [-0.39, 0.29) is 35.6 Å². The average molecular weight is 395 g/mol. The predicted octanol–water partition coefficient (Wildman–Crippen LogP) is 3.21. The highest BCUT2D eigenvalue weighted by molar-refractivity contribution is 5.79. The zero-order chi connectivity index (χ0) is 20.2. The first-order valence-corrected chi connectivity index (χ1v) is 10.3. The molecule has 29 heavy (non-hydrogen) atoms. The molecule has 2 aliphatic heterocycles. The number of amides is 2. The van der Waals surface area contributed by atoms with E-state index >= 15 is 0 Å². The van der Waals surface area contributed by atoms with Crippen molar-refractivity contribution in [1.29, 1.82) is 0 Å². The van der Waals surface area contributed by atoms with Gasteiger partial charge in [-0.1, -0.05) is 18.6 Å². The Hall–Kier alpha value is -2.76. The van der Waals surface area contributed by atoms with Crippen LogP contribution in [0.3, 0.4) is 0 Å². The summed E-state index contributed by atoms with van der Waals surface area (Å²) in [4.78, 5) is 31.4. The topological polar surface area (TPSA) is 62.3 Å². The van der Waals surface area contributed by atoms with Crippen LogP contribution in [0.15, 0.2) is 48.8 Å². The van der Waals surface area contributed by atoms with Crippen LogP contribution in [0, 0.1) is 5.82 Å². The smallest absolute Gasteiger partial charge is 0.223 e. The second-order valence-corrected chi connectivity index (χ2v) is 7.97. The van der Waals surface area contributed by atoms with Crippen LogP contribution in [0.5, 0.6) is 0 Å². The number of aryl methyl sites for hydroxylation is 1. The molecule has 0 bridgehead atoms. The van der Waals surface area contributed by atoms with Crippen LogP contribution in [0.25, 0.3) is 0 Å². The van der Waals surface area contributed by atoms with E-state index in [9.17, 15) is 14.0 Å². The van der Waals surface area contributed by atoms with Crippen LogP contribution in [-0.2, 0) is 16.0 Å². The molecule has 152 valence electrons. The SMILES string of the molecule is O=C1CCCC[C@@H]2[C@@H](N1)[C@H](c1cccc(F)c1)CN2C(=O)CCc1ccncc1. The molecule has 1 aromatic carbocycles. The molecule has 5 nitrogen and oxygen atoms in total. The van der Waals surface area contributed by atoms with Gasteiger partial charge in [-0.2, -0.15) is 0 Å². The first-order chi connectivity index (χ1) is 14.1. The van der Waals surface area contributed by atoms with E-state index in [2.05, 4.69) is 10.3 Å². The van der Waals surface area contributed by atoms with Crippen LogP contribution >= 0.6 is 0 Å². The Morgan fingerprint density at radius 2 is 2.03 bits per heavy atom. The van der Waals surface area contributed by atoms with Gasteiger partial charge in [0.25, 0.3) is 0 Å². The standard InChI is InChI=1S/C23H26FN3O2/c24-18-5-3-4-17(14-18)19-15-27(20-6-1-2-7-21(28)26-23(19)20)22(29)9-8-16-10-12-25-13-11-16/h3-5,10-14,19-20,23H,1-2,6-9,15H2,(H,26,28)/t19-,20+,23-/m0/s1. The van der Waals surface area contributed by atoms with Gasteiger partial charge in [-0.05, 0) is 54.7 Å². The van der Waals surface area contributed by atoms with E-state index in [0.717, 1.165) is 30.4 Å². The number of likely N-dealkylation sites (tertiary alicyclic amines) is 1. The fourth-order valence-corrected chi connectivity index (χ4v) is 4.63. The van der Waals surface area contributed by atoms with Crippen molar-refractivity contribution < 1.29 is 14.0 Å². The minimum absolute atomic E-state index is 0.0205. The zero-order valence-electron chi connectivity index (χ0n) is 16.4. The van der Waals surface area contributed by atoms with Gasteiger partial charge in [-0.15, -0.1) is 0 Å². The van der Waals surface area contributed by atoms with E-state index in [1.807, 2.05) is 23.1 Å². The minimum Gasteiger partial charge on any atom is -0.351 e. The first-order valence-electron chi connectivity index (χ1n) is 10.3. The second-order valence-electron chi connectivity index (χ2n) is 7.97. The molecule has 0 spiro atoms. The van der Waals surface area contributed by atoms with Crippen molar-refractivity contribution >= 4 is 11.8 Å². The molecule has 0 unspecified atom stereocenters. The minimum atomic E-state index is -0.293. The third-order valence-corrected chi connectivity index (χ3v) is 6.10. The van der Waals surface area contributed by atoms with E-state index in [1.54, 1.807) is 18.5 Å². The van der Waals surface area contributed by atoms with Crippen LogP contribution in [0.1, 0.15) is 49.1 Å². The van der Waals surface area contributed by atoms with Crippen LogP contribution in [0.2, 0.25) is 0 Å². The summed E-state index contributed by atoms with van der Waals surface area (Å²) < 4.78 is 13.9. The molecule has 0 radical (unpaired) electrons. The highest BCUT2D eigenvalue weighted by Gasteiger charge is 2.45. The largest absolute Gasteiger partial charge is 0.351 e. The summed E-state index contributed by atoms with van der Waals surface area (Å²) in [7, 11) is 0. The highest BCUT2D eigenvalue weighted by atomic mass is 19.1. The molecule has 0 saturated carbocycles. The molecule has 4 rings (SSSR count). The number of halogens is 1. The third-order valence-electron chi connectivity index (χ3n) is 6.10. The molecule has 2 amide bonds.